The number of aromatic nitrogens is 5. The molecule has 0 atom stereocenters. The maximum absolute atomic E-state index is 14.2. The van der Waals surface area contributed by atoms with Crippen molar-refractivity contribution in [1.29, 1.82) is 0 Å². The number of methoxy groups -OCH3 is 1. The molecule has 7 nitrogen and oxygen atoms in total. The summed E-state index contributed by atoms with van der Waals surface area (Å²) in [5.74, 6) is 0.931. The van der Waals surface area contributed by atoms with Gasteiger partial charge in [0.1, 0.15) is 17.9 Å². The lowest BCUT2D eigenvalue weighted by Crippen LogP contribution is -2.12. The van der Waals surface area contributed by atoms with Gasteiger partial charge >= 0.3 is 0 Å². The van der Waals surface area contributed by atoms with Gasteiger partial charge in [0.15, 0.2) is 5.65 Å². The molecule has 0 radical (unpaired) electrons. The van der Waals surface area contributed by atoms with Gasteiger partial charge in [-0.1, -0.05) is 6.07 Å². The lowest BCUT2D eigenvalue weighted by Gasteiger charge is -2.12. The monoisotopic (exact) mass is 392 g/mol. The van der Waals surface area contributed by atoms with Crippen LogP contribution in [0.2, 0.25) is 0 Å². The summed E-state index contributed by atoms with van der Waals surface area (Å²) in [6, 6.07) is 8.85. The third-order valence-corrected chi connectivity index (χ3v) is 4.82. The van der Waals surface area contributed by atoms with Crippen LogP contribution in [0.1, 0.15) is 11.3 Å². The normalized spacial score (nSPS) is 11.0. The average molecular weight is 392 g/mol. The molecule has 0 amide bonds. The summed E-state index contributed by atoms with van der Waals surface area (Å²) in [5, 5.41) is 8.33. The third-order valence-electron chi connectivity index (χ3n) is 4.82. The fourth-order valence-electron chi connectivity index (χ4n) is 3.31. The van der Waals surface area contributed by atoms with E-state index in [1.807, 2.05) is 35.5 Å². The van der Waals surface area contributed by atoms with Gasteiger partial charge in [-0.05, 0) is 37.1 Å². The Hall–Kier alpha value is -3.55. The second-order valence-electron chi connectivity index (χ2n) is 6.85. The number of halogens is 1. The van der Waals surface area contributed by atoms with Crippen molar-refractivity contribution in [2.75, 3.05) is 26.1 Å². The third kappa shape index (κ3) is 3.61. The van der Waals surface area contributed by atoms with E-state index in [1.54, 1.807) is 38.0 Å². The molecule has 8 heteroatoms. The van der Waals surface area contributed by atoms with Gasteiger partial charge in [0.25, 0.3) is 0 Å². The van der Waals surface area contributed by atoms with Crippen molar-refractivity contribution in [2.45, 2.75) is 12.8 Å². The molecule has 4 rings (SSSR count). The van der Waals surface area contributed by atoms with Crippen LogP contribution in [0.25, 0.3) is 16.8 Å². The van der Waals surface area contributed by atoms with Crippen molar-refractivity contribution in [3.63, 3.8) is 0 Å². The van der Waals surface area contributed by atoms with Crippen molar-refractivity contribution in [2.24, 2.45) is 0 Å². The summed E-state index contributed by atoms with van der Waals surface area (Å²) in [5.41, 5.74) is 4.00. The summed E-state index contributed by atoms with van der Waals surface area (Å²) in [7, 11) is 5.34. The highest BCUT2D eigenvalue weighted by molar-refractivity contribution is 5.76. The zero-order valence-electron chi connectivity index (χ0n) is 16.5. The van der Waals surface area contributed by atoms with E-state index in [0.717, 1.165) is 16.8 Å². The van der Waals surface area contributed by atoms with Gasteiger partial charge < -0.3 is 9.64 Å². The van der Waals surface area contributed by atoms with Gasteiger partial charge in [-0.2, -0.15) is 0 Å². The number of hydrogen-bond acceptors (Lipinski definition) is 6. The first-order valence-electron chi connectivity index (χ1n) is 9.21. The number of aryl methyl sites for hydroxylation is 1. The number of fused-ring (bicyclic) bond motifs is 1. The highest BCUT2D eigenvalue weighted by Crippen LogP contribution is 2.26. The van der Waals surface area contributed by atoms with Crippen LogP contribution in [0.4, 0.5) is 10.3 Å². The first-order chi connectivity index (χ1) is 14.1. The molecule has 3 heterocycles. The van der Waals surface area contributed by atoms with Gasteiger partial charge in [0, 0.05) is 48.9 Å². The maximum Gasteiger partial charge on any atom is 0.224 e. The minimum absolute atomic E-state index is 0.265. The van der Waals surface area contributed by atoms with Crippen molar-refractivity contribution < 1.29 is 9.13 Å². The Balaban J connectivity index is 1.65. The molecule has 0 aliphatic rings. The average Bonchev–Trinajstić information content (AvgIpc) is 3.23. The number of benzene rings is 1. The van der Waals surface area contributed by atoms with E-state index in [9.17, 15) is 4.39 Å². The predicted molar refractivity (Wildman–Crippen MR) is 109 cm³/mol. The lowest BCUT2D eigenvalue weighted by molar-refractivity contribution is 0.404. The van der Waals surface area contributed by atoms with Crippen molar-refractivity contribution in [3.8, 4) is 16.9 Å². The SMILES string of the molecule is COc1cccc(F)c1CCc1ccc(-c2cnc(N(C)C)nc2)c2nncn12. The van der Waals surface area contributed by atoms with E-state index in [2.05, 4.69) is 20.2 Å². The molecule has 0 aliphatic carbocycles. The standard InChI is InChI=1S/C21H21FN6O/c1-27(2)21-23-11-14(12-24-21)16-9-7-15(28-13-25-26-20(16)28)8-10-17-18(22)5-4-6-19(17)29-3/h4-7,9,11-13H,8,10H2,1-3H3. The van der Waals surface area contributed by atoms with Gasteiger partial charge in [-0.25, -0.2) is 14.4 Å². The molecule has 0 aliphatic heterocycles. The van der Waals surface area contributed by atoms with Crippen molar-refractivity contribution in [3.05, 3.63) is 66.1 Å². The Labute approximate surface area is 167 Å². The summed E-state index contributed by atoms with van der Waals surface area (Å²) >= 11 is 0. The van der Waals surface area contributed by atoms with Crippen molar-refractivity contribution >= 4 is 11.6 Å². The molecular formula is C21H21FN6O. The van der Waals surface area contributed by atoms with Crippen LogP contribution in [-0.2, 0) is 12.8 Å². The number of ether oxygens (including phenoxy) is 1. The Morgan fingerprint density at radius 2 is 1.86 bits per heavy atom. The zero-order chi connectivity index (χ0) is 20.4. The van der Waals surface area contributed by atoms with Gasteiger partial charge in [0.05, 0.1) is 7.11 Å². The van der Waals surface area contributed by atoms with Crippen LogP contribution in [0, 0.1) is 5.82 Å². The van der Waals surface area contributed by atoms with E-state index in [0.29, 0.717) is 35.8 Å². The van der Waals surface area contributed by atoms with Crippen LogP contribution in [0.5, 0.6) is 5.75 Å². The van der Waals surface area contributed by atoms with E-state index in [-0.39, 0.29) is 5.82 Å². The molecule has 0 spiro atoms. The Morgan fingerprint density at radius 3 is 2.59 bits per heavy atom. The van der Waals surface area contributed by atoms with Gasteiger partial charge in [-0.3, -0.25) is 4.40 Å². The summed E-state index contributed by atoms with van der Waals surface area (Å²) in [4.78, 5) is 10.6. The fourth-order valence-corrected chi connectivity index (χ4v) is 3.31. The van der Waals surface area contributed by atoms with E-state index in [1.165, 1.54) is 6.07 Å². The molecule has 148 valence electrons. The second kappa shape index (κ2) is 7.83. The van der Waals surface area contributed by atoms with E-state index in [4.69, 9.17) is 4.74 Å². The number of pyridine rings is 1. The molecule has 0 fully saturated rings. The first-order valence-corrected chi connectivity index (χ1v) is 9.21. The molecule has 4 aromatic rings. The number of nitrogens with zero attached hydrogens (tertiary/aromatic N) is 6. The minimum atomic E-state index is -0.265. The molecule has 29 heavy (non-hydrogen) atoms. The Morgan fingerprint density at radius 1 is 1.07 bits per heavy atom. The lowest BCUT2D eigenvalue weighted by atomic mass is 10.0. The number of hydrogen-bond donors (Lipinski definition) is 0. The predicted octanol–water partition coefficient (Wildman–Crippen LogP) is 3.19. The largest absolute Gasteiger partial charge is 0.496 e. The molecule has 0 unspecified atom stereocenters. The first kappa shape index (κ1) is 18.8. The second-order valence-corrected chi connectivity index (χ2v) is 6.85. The Bertz CT molecular complexity index is 1140. The van der Waals surface area contributed by atoms with Crippen LogP contribution in [-0.4, -0.2) is 45.8 Å². The highest BCUT2D eigenvalue weighted by atomic mass is 19.1. The molecule has 0 saturated carbocycles. The van der Waals surface area contributed by atoms with Gasteiger partial charge in [-0.15, -0.1) is 10.2 Å². The number of anilines is 1. The van der Waals surface area contributed by atoms with Gasteiger partial charge in [0.2, 0.25) is 5.95 Å². The Kier molecular flexibility index (Phi) is 5.07. The molecule has 1 aromatic carbocycles. The van der Waals surface area contributed by atoms with Crippen LogP contribution < -0.4 is 9.64 Å². The van der Waals surface area contributed by atoms with E-state index < -0.39 is 0 Å². The topological polar surface area (TPSA) is 68.4 Å². The summed E-state index contributed by atoms with van der Waals surface area (Å²) < 4.78 is 21.5. The van der Waals surface area contributed by atoms with E-state index >= 15 is 0 Å². The fraction of sp³-hybridized carbons (Fsp3) is 0.238. The molecule has 3 aromatic heterocycles. The smallest absolute Gasteiger partial charge is 0.224 e. The quantitative estimate of drug-likeness (QED) is 0.502. The maximum atomic E-state index is 14.2. The summed E-state index contributed by atoms with van der Waals surface area (Å²) in [6.45, 7) is 0. The van der Waals surface area contributed by atoms with Crippen molar-refractivity contribution in [1.82, 2.24) is 24.6 Å². The minimum Gasteiger partial charge on any atom is -0.496 e. The van der Waals surface area contributed by atoms with Crippen LogP contribution in [0.3, 0.4) is 0 Å². The van der Waals surface area contributed by atoms with Crippen LogP contribution >= 0.6 is 0 Å². The summed E-state index contributed by atoms with van der Waals surface area (Å²) in [6.07, 6.45) is 6.33. The zero-order valence-corrected chi connectivity index (χ0v) is 16.5. The molecular weight excluding hydrogens is 371 g/mol. The van der Waals surface area contributed by atoms with Crippen LogP contribution in [0.15, 0.2) is 49.1 Å². The molecule has 0 saturated heterocycles. The molecule has 0 N–H and O–H groups in total. The molecule has 0 bridgehead atoms. The number of rotatable bonds is 6. The highest BCUT2D eigenvalue weighted by Gasteiger charge is 2.14.